The summed E-state index contributed by atoms with van der Waals surface area (Å²) in [6.45, 7) is 3.20. The van der Waals surface area contributed by atoms with Gasteiger partial charge < -0.3 is 10.1 Å². The number of rotatable bonds is 4. The van der Waals surface area contributed by atoms with E-state index in [1.165, 1.54) is 32.1 Å². The van der Waals surface area contributed by atoms with E-state index in [9.17, 15) is 0 Å². The average molecular weight is 185 g/mol. The molecule has 1 unspecified atom stereocenters. The molecule has 0 aromatic heterocycles. The maximum Gasteiger partial charge on any atom is 0.0802 e. The SMILES string of the molecule is CNCC(C)(OC)C1CCCCC1. The summed E-state index contributed by atoms with van der Waals surface area (Å²) in [6, 6.07) is 0. The van der Waals surface area contributed by atoms with Crippen LogP contribution in [-0.2, 0) is 4.74 Å². The molecule has 0 radical (unpaired) electrons. The van der Waals surface area contributed by atoms with Crippen molar-refractivity contribution < 1.29 is 4.74 Å². The van der Waals surface area contributed by atoms with Gasteiger partial charge in [0.1, 0.15) is 0 Å². The molecule has 0 amide bonds. The molecule has 13 heavy (non-hydrogen) atoms. The maximum atomic E-state index is 5.66. The van der Waals surface area contributed by atoms with Gasteiger partial charge in [0.15, 0.2) is 0 Å². The fourth-order valence-corrected chi connectivity index (χ4v) is 2.45. The van der Waals surface area contributed by atoms with E-state index in [0.29, 0.717) is 0 Å². The van der Waals surface area contributed by atoms with Gasteiger partial charge in [-0.15, -0.1) is 0 Å². The summed E-state index contributed by atoms with van der Waals surface area (Å²) in [7, 11) is 3.84. The molecule has 1 atom stereocenters. The second-order valence-electron chi connectivity index (χ2n) is 4.38. The molecular formula is C11H23NO. The molecule has 78 valence electrons. The first-order chi connectivity index (χ1) is 6.23. The molecule has 1 fully saturated rings. The standard InChI is InChI=1S/C11H23NO/c1-11(13-3,9-12-2)10-7-5-4-6-8-10/h10,12H,4-9H2,1-3H3. The third-order valence-electron chi connectivity index (χ3n) is 3.46. The van der Waals surface area contributed by atoms with Crippen molar-refractivity contribution in [3.05, 3.63) is 0 Å². The Kier molecular flexibility index (Phi) is 4.20. The highest BCUT2D eigenvalue weighted by Crippen LogP contribution is 2.34. The van der Waals surface area contributed by atoms with Crippen molar-refractivity contribution in [2.45, 2.75) is 44.6 Å². The Morgan fingerprint density at radius 2 is 1.92 bits per heavy atom. The van der Waals surface area contributed by atoms with E-state index in [2.05, 4.69) is 12.2 Å². The first kappa shape index (κ1) is 11.0. The highest BCUT2D eigenvalue weighted by atomic mass is 16.5. The molecule has 1 N–H and O–H groups in total. The first-order valence-electron chi connectivity index (χ1n) is 5.42. The Hall–Kier alpha value is -0.0800. The molecule has 1 aliphatic rings. The van der Waals surface area contributed by atoms with Gasteiger partial charge in [-0.2, -0.15) is 0 Å². The summed E-state index contributed by atoms with van der Waals surface area (Å²) in [5.74, 6) is 0.749. The van der Waals surface area contributed by atoms with Gasteiger partial charge in [-0.05, 0) is 32.7 Å². The van der Waals surface area contributed by atoms with Gasteiger partial charge >= 0.3 is 0 Å². The van der Waals surface area contributed by atoms with Gasteiger partial charge in [0.2, 0.25) is 0 Å². The van der Waals surface area contributed by atoms with Crippen LogP contribution in [0.4, 0.5) is 0 Å². The molecule has 0 aromatic carbocycles. The van der Waals surface area contributed by atoms with Crippen LogP contribution in [0.1, 0.15) is 39.0 Å². The second kappa shape index (κ2) is 4.97. The van der Waals surface area contributed by atoms with Crippen molar-refractivity contribution >= 4 is 0 Å². The fourth-order valence-electron chi connectivity index (χ4n) is 2.45. The van der Waals surface area contributed by atoms with Gasteiger partial charge in [0.25, 0.3) is 0 Å². The molecule has 0 aromatic rings. The zero-order valence-corrected chi connectivity index (χ0v) is 9.23. The number of hydrogen-bond acceptors (Lipinski definition) is 2. The van der Waals surface area contributed by atoms with E-state index in [1.807, 2.05) is 14.2 Å². The normalized spacial score (nSPS) is 24.2. The molecule has 0 bridgehead atoms. The minimum absolute atomic E-state index is 0.0508. The molecular weight excluding hydrogens is 162 g/mol. The molecule has 0 heterocycles. The van der Waals surface area contributed by atoms with Crippen LogP contribution in [0.2, 0.25) is 0 Å². The summed E-state index contributed by atoms with van der Waals surface area (Å²) in [6.07, 6.45) is 6.86. The smallest absolute Gasteiger partial charge is 0.0802 e. The van der Waals surface area contributed by atoms with Crippen molar-refractivity contribution in [1.82, 2.24) is 5.32 Å². The summed E-state index contributed by atoms with van der Waals surface area (Å²) < 4.78 is 5.66. The van der Waals surface area contributed by atoms with Crippen LogP contribution in [0.25, 0.3) is 0 Å². The largest absolute Gasteiger partial charge is 0.377 e. The van der Waals surface area contributed by atoms with Crippen LogP contribution in [0.3, 0.4) is 0 Å². The molecule has 0 aliphatic heterocycles. The Morgan fingerprint density at radius 3 is 2.38 bits per heavy atom. The van der Waals surface area contributed by atoms with Gasteiger partial charge in [-0.3, -0.25) is 0 Å². The van der Waals surface area contributed by atoms with Crippen LogP contribution in [0, 0.1) is 5.92 Å². The fraction of sp³-hybridized carbons (Fsp3) is 1.00. The summed E-state index contributed by atoms with van der Waals surface area (Å²) in [4.78, 5) is 0. The van der Waals surface area contributed by atoms with Crippen LogP contribution < -0.4 is 5.32 Å². The molecule has 0 saturated heterocycles. The van der Waals surface area contributed by atoms with Gasteiger partial charge in [0, 0.05) is 13.7 Å². The third-order valence-corrected chi connectivity index (χ3v) is 3.46. The Balaban J connectivity index is 2.51. The van der Waals surface area contributed by atoms with Crippen LogP contribution in [-0.4, -0.2) is 26.3 Å². The molecule has 1 saturated carbocycles. The van der Waals surface area contributed by atoms with Gasteiger partial charge in [-0.1, -0.05) is 19.3 Å². The summed E-state index contributed by atoms with van der Waals surface area (Å²) >= 11 is 0. The molecule has 2 heteroatoms. The van der Waals surface area contributed by atoms with E-state index in [4.69, 9.17) is 4.74 Å². The lowest BCUT2D eigenvalue weighted by atomic mass is 9.77. The summed E-state index contributed by atoms with van der Waals surface area (Å²) in [5, 5.41) is 3.23. The van der Waals surface area contributed by atoms with E-state index < -0.39 is 0 Å². The van der Waals surface area contributed by atoms with E-state index in [1.54, 1.807) is 0 Å². The Morgan fingerprint density at radius 1 is 1.31 bits per heavy atom. The van der Waals surface area contributed by atoms with Crippen LogP contribution in [0.15, 0.2) is 0 Å². The highest BCUT2D eigenvalue weighted by Gasteiger charge is 2.34. The van der Waals surface area contributed by atoms with Gasteiger partial charge in [0.05, 0.1) is 5.60 Å². The quantitative estimate of drug-likeness (QED) is 0.725. The number of likely N-dealkylation sites (N-methyl/N-ethyl adjacent to an activating group) is 1. The number of methoxy groups -OCH3 is 1. The topological polar surface area (TPSA) is 21.3 Å². The second-order valence-corrected chi connectivity index (χ2v) is 4.38. The Labute approximate surface area is 82.0 Å². The Bertz CT molecular complexity index is 143. The predicted molar refractivity (Wildman–Crippen MR) is 55.9 cm³/mol. The molecule has 0 spiro atoms. The lowest BCUT2D eigenvalue weighted by Crippen LogP contribution is -2.45. The van der Waals surface area contributed by atoms with Crippen molar-refractivity contribution in [1.29, 1.82) is 0 Å². The van der Waals surface area contributed by atoms with E-state index in [0.717, 1.165) is 12.5 Å². The zero-order valence-electron chi connectivity index (χ0n) is 9.23. The monoisotopic (exact) mass is 185 g/mol. The van der Waals surface area contributed by atoms with Gasteiger partial charge in [-0.25, -0.2) is 0 Å². The highest BCUT2D eigenvalue weighted by molar-refractivity contribution is 4.87. The third kappa shape index (κ3) is 2.68. The number of nitrogens with one attached hydrogen (secondary N) is 1. The predicted octanol–water partition coefficient (Wildman–Crippen LogP) is 2.19. The van der Waals surface area contributed by atoms with Crippen molar-refractivity contribution in [2.75, 3.05) is 20.7 Å². The number of hydrogen-bond donors (Lipinski definition) is 1. The molecule has 1 aliphatic carbocycles. The van der Waals surface area contributed by atoms with Crippen molar-refractivity contribution in [3.8, 4) is 0 Å². The maximum absolute atomic E-state index is 5.66. The van der Waals surface area contributed by atoms with Crippen molar-refractivity contribution in [3.63, 3.8) is 0 Å². The molecule has 2 nitrogen and oxygen atoms in total. The number of ether oxygens (including phenoxy) is 1. The lowest BCUT2D eigenvalue weighted by Gasteiger charge is -2.38. The molecule has 1 rings (SSSR count). The van der Waals surface area contributed by atoms with Crippen molar-refractivity contribution in [2.24, 2.45) is 5.92 Å². The van der Waals surface area contributed by atoms with E-state index >= 15 is 0 Å². The minimum atomic E-state index is 0.0508. The lowest BCUT2D eigenvalue weighted by molar-refractivity contribution is -0.0522. The van der Waals surface area contributed by atoms with Crippen LogP contribution >= 0.6 is 0 Å². The zero-order chi connectivity index (χ0) is 9.73. The minimum Gasteiger partial charge on any atom is -0.377 e. The first-order valence-corrected chi connectivity index (χ1v) is 5.42. The average Bonchev–Trinajstić information content (AvgIpc) is 2.19. The summed E-state index contributed by atoms with van der Waals surface area (Å²) in [5.41, 5.74) is 0.0508. The van der Waals surface area contributed by atoms with E-state index in [-0.39, 0.29) is 5.60 Å². The van der Waals surface area contributed by atoms with Crippen LogP contribution in [0.5, 0.6) is 0 Å².